The molecule has 0 aliphatic carbocycles. The summed E-state index contributed by atoms with van der Waals surface area (Å²) in [5.41, 5.74) is 0.148. The number of halogens is 3. The molecule has 0 spiro atoms. The van der Waals surface area contributed by atoms with Crippen LogP contribution in [0.15, 0.2) is 59.4 Å². The molecule has 0 saturated heterocycles. The zero-order chi connectivity index (χ0) is 26.3. The molecule has 1 aliphatic rings. The molecule has 4 rings (SSSR count). The first-order valence-electron chi connectivity index (χ1n) is 11.7. The number of aryl methyl sites for hydroxylation is 1. The number of hydrogen-bond donors (Lipinski definition) is 0. The van der Waals surface area contributed by atoms with Gasteiger partial charge in [0.15, 0.2) is 0 Å². The number of carbonyl (C=O) groups excluding carboxylic acids is 1. The summed E-state index contributed by atoms with van der Waals surface area (Å²) in [7, 11) is 0. The highest BCUT2D eigenvalue weighted by Gasteiger charge is 2.33. The monoisotopic (exact) mass is 499 g/mol. The standard InChI is InChI=1S/C27H28F3N3O3/c1-17-31-22-16-32(25(35)36-26(2,3)4)14-13-21(22)24(34)33(17)23(18-9-6-5-7-10-18)19-11-8-12-20(15-19)27(28,29)30/h5-12,15,23H,13-14,16H2,1-4H3. The number of alkyl halides is 3. The Balaban J connectivity index is 1.80. The summed E-state index contributed by atoms with van der Waals surface area (Å²) in [4.78, 5) is 32.5. The summed E-state index contributed by atoms with van der Waals surface area (Å²) in [6.45, 7) is 7.39. The predicted molar refractivity (Wildman–Crippen MR) is 129 cm³/mol. The summed E-state index contributed by atoms with van der Waals surface area (Å²) in [5, 5.41) is 0. The first kappa shape index (κ1) is 25.5. The number of benzene rings is 2. The molecule has 0 fully saturated rings. The molecule has 0 N–H and O–H groups in total. The van der Waals surface area contributed by atoms with Crippen LogP contribution in [0, 0.1) is 6.92 Å². The molecule has 1 aliphatic heterocycles. The second-order valence-electron chi connectivity index (χ2n) is 9.85. The lowest BCUT2D eigenvalue weighted by Crippen LogP contribution is -2.43. The molecule has 9 heteroatoms. The molecule has 1 atom stereocenters. The van der Waals surface area contributed by atoms with Crippen molar-refractivity contribution in [2.45, 2.75) is 58.5 Å². The maximum absolute atomic E-state index is 13.8. The van der Waals surface area contributed by atoms with E-state index >= 15 is 0 Å². The van der Waals surface area contributed by atoms with Gasteiger partial charge in [0, 0.05) is 12.1 Å². The maximum Gasteiger partial charge on any atom is 0.416 e. The lowest BCUT2D eigenvalue weighted by atomic mass is 9.95. The van der Waals surface area contributed by atoms with Crippen LogP contribution in [0.5, 0.6) is 0 Å². The number of fused-ring (bicyclic) bond motifs is 1. The Labute approximate surface area is 207 Å². The predicted octanol–water partition coefficient (Wildman–Crippen LogP) is 5.50. The van der Waals surface area contributed by atoms with Gasteiger partial charge in [0.05, 0.1) is 23.8 Å². The van der Waals surface area contributed by atoms with Crippen LogP contribution in [0.1, 0.15) is 60.6 Å². The smallest absolute Gasteiger partial charge is 0.416 e. The number of rotatable bonds is 3. The molecule has 190 valence electrons. The molecule has 3 aromatic rings. The third-order valence-electron chi connectivity index (χ3n) is 6.00. The Morgan fingerprint density at radius 3 is 2.33 bits per heavy atom. The van der Waals surface area contributed by atoms with E-state index in [9.17, 15) is 22.8 Å². The molecule has 36 heavy (non-hydrogen) atoms. The summed E-state index contributed by atoms with van der Waals surface area (Å²) in [6, 6.07) is 13.1. The van der Waals surface area contributed by atoms with Gasteiger partial charge in [-0.1, -0.05) is 42.5 Å². The van der Waals surface area contributed by atoms with E-state index in [1.54, 1.807) is 64.1 Å². The van der Waals surface area contributed by atoms with E-state index in [4.69, 9.17) is 4.74 Å². The van der Waals surface area contributed by atoms with E-state index in [0.29, 0.717) is 28.2 Å². The fraction of sp³-hybridized carbons (Fsp3) is 0.370. The van der Waals surface area contributed by atoms with E-state index in [0.717, 1.165) is 12.1 Å². The van der Waals surface area contributed by atoms with Gasteiger partial charge in [0.25, 0.3) is 5.56 Å². The minimum atomic E-state index is -4.52. The van der Waals surface area contributed by atoms with Crippen molar-refractivity contribution < 1.29 is 22.7 Å². The number of ether oxygens (including phenoxy) is 1. The summed E-state index contributed by atoms with van der Waals surface area (Å²) >= 11 is 0. The van der Waals surface area contributed by atoms with Crippen LogP contribution in [0.3, 0.4) is 0 Å². The minimum absolute atomic E-state index is 0.126. The Morgan fingerprint density at radius 1 is 1.03 bits per heavy atom. The van der Waals surface area contributed by atoms with E-state index < -0.39 is 29.5 Å². The van der Waals surface area contributed by atoms with E-state index in [2.05, 4.69) is 4.98 Å². The zero-order valence-corrected chi connectivity index (χ0v) is 20.6. The summed E-state index contributed by atoms with van der Waals surface area (Å²) < 4.78 is 47.4. The highest BCUT2D eigenvalue weighted by Crippen LogP contribution is 2.34. The maximum atomic E-state index is 13.8. The van der Waals surface area contributed by atoms with Gasteiger partial charge in [-0.25, -0.2) is 9.78 Å². The number of hydrogen-bond acceptors (Lipinski definition) is 4. The first-order chi connectivity index (χ1) is 16.8. The first-order valence-corrected chi connectivity index (χ1v) is 11.7. The average Bonchev–Trinajstić information content (AvgIpc) is 2.80. The lowest BCUT2D eigenvalue weighted by Gasteiger charge is -2.32. The molecule has 1 amide bonds. The zero-order valence-electron chi connectivity index (χ0n) is 20.6. The van der Waals surface area contributed by atoms with Crippen LogP contribution in [-0.4, -0.2) is 32.7 Å². The Bertz CT molecular complexity index is 1330. The van der Waals surface area contributed by atoms with E-state index in [-0.39, 0.29) is 25.1 Å². The molecule has 0 bridgehead atoms. The van der Waals surface area contributed by atoms with Crippen molar-refractivity contribution in [2.24, 2.45) is 0 Å². The molecule has 1 unspecified atom stereocenters. The van der Waals surface area contributed by atoms with Gasteiger partial charge < -0.3 is 9.64 Å². The van der Waals surface area contributed by atoms with Gasteiger partial charge in [-0.2, -0.15) is 13.2 Å². The Morgan fingerprint density at radius 2 is 1.69 bits per heavy atom. The van der Waals surface area contributed by atoms with Crippen LogP contribution in [0.2, 0.25) is 0 Å². The highest BCUT2D eigenvalue weighted by molar-refractivity contribution is 5.68. The second-order valence-corrected chi connectivity index (χ2v) is 9.85. The largest absolute Gasteiger partial charge is 0.444 e. The lowest BCUT2D eigenvalue weighted by molar-refractivity contribution is -0.137. The molecular weight excluding hydrogens is 471 g/mol. The van der Waals surface area contributed by atoms with Crippen molar-refractivity contribution in [2.75, 3.05) is 6.54 Å². The minimum Gasteiger partial charge on any atom is -0.444 e. The Hall–Kier alpha value is -3.62. The second kappa shape index (κ2) is 9.44. The number of carbonyl (C=O) groups is 1. The van der Waals surface area contributed by atoms with Crippen molar-refractivity contribution in [3.05, 3.63) is 98.7 Å². The third kappa shape index (κ3) is 5.29. The topological polar surface area (TPSA) is 64.4 Å². The number of amides is 1. The molecule has 1 aromatic heterocycles. The normalized spacial score (nSPS) is 14.8. The van der Waals surface area contributed by atoms with Crippen molar-refractivity contribution in [1.82, 2.24) is 14.5 Å². The number of aromatic nitrogens is 2. The molecule has 2 aromatic carbocycles. The Kier molecular flexibility index (Phi) is 6.68. The van der Waals surface area contributed by atoms with Gasteiger partial charge in [0.1, 0.15) is 11.4 Å². The molecule has 0 radical (unpaired) electrons. The van der Waals surface area contributed by atoms with Crippen LogP contribution >= 0.6 is 0 Å². The van der Waals surface area contributed by atoms with Crippen molar-refractivity contribution >= 4 is 6.09 Å². The van der Waals surface area contributed by atoms with Crippen molar-refractivity contribution in [3.8, 4) is 0 Å². The molecule has 2 heterocycles. The van der Waals surface area contributed by atoms with Gasteiger partial charge >= 0.3 is 12.3 Å². The third-order valence-corrected chi connectivity index (χ3v) is 6.00. The van der Waals surface area contributed by atoms with Crippen LogP contribution in [-0.2, 0) is 23.9 Å². The van der Waals surface area contributed by atoms with Crippen LogP contribution < -0.4 is 5.56 Å². The molecule has 6 nitrogen and oxygen atoms in total. The van der Waals surface area contributed by atoms with Crippen molar-refractivity contribution in [1.29, 1.82) is 0 Å². The van der Waals surface area contributed by atoms with E-state index in [1.165, 1.54) is 15.5 Å². The quantitative estimate of drug-likeness (QED) is 0.477. The molecular formula is C27H28F3N3O3. The van der Waals surface area contributed by atoms with Crippen molar-refractivity contribution in [3.63, 3.8) is 0 Å². The van der Waals surface area contributed by atoms with Crippen LogP contribution in [0.4, 0.5) is 18.0 Å². The van der Waals surface area contributed by atoms with Gasteiger partial charge in [0.2, 0.25) is 0 Å². The summed E-state index contributed by atoms with van der Waals surface area (Å²) in [5.74, 6) is 0.344. The molecule has 0 saturated carbocycles. The number of nitrogens with zero attached hydrogens (tertiary/aromatic N) is 3. The average molecular weight is 500 g/mol. The SMILES string of the molecule is Cc1nc2c(c(=O)n1C(c1ccccc1)c1cccc(C(F)(F)F)c1)CCN(C(=O)OC(C)(C)C)C2. The fourth-order valence-electron chi connectivity index (χ4n) is 4.42. The van der Waals surface area contributed by atoms with Gasteiger partial charge in [-0.15, -0.1) is 0 Å². The van der Waals surface area contributed by atoms with Crippen LogP contribution in [0.25, 0.3) is 0 Å². The summed E-state index contributed by atoms with van der Waals surface area (Å²) in [6.07, 6.45) is -4.73. The fourth-order valence-corrected chi connectivity index (χ4v) is 4.42. The van der Waals surface area contributed by atoms with E-state index in [1.807, 2.05) is 0 Å². The highest BCUT2D eigenvalue weighted by atomic mass is 19.4. The van der Waals surface area contributed by atoms with Gasteiger partial charge in [-0.05, 0) is 57.4 Å². The van der Waals surface area contributed by atoms with Gasteiger partial charge in [-0.3, -0.25) is 9.36 Å².